The SMILES string of the molecule is CC(=O)c1cccc2c1[C@@H](NC(=O)c1ccc(F)cc1)[C@H](O)C(C)(C)O2. The highest BCUT2D eigenvalue weighted by Crippen LogP contribution is 2.41. The second-order valence-corrected chi connectivity index (χ2v) is 6.88. The Morgan fingerprint density at radius 1 is 1.15 bits per heavy atom. The number of ether oxygens (including phenoxy) is 1. The average molecular weight is 357 g/mol. The molecule has 2 atom stereocenters. The van der Waals surface area contributed by atoms with Crippen molar-refractivity contribution in [1.29, 1.82) is 0 Å². The molecular weight excluding hydrogens is 337 g/mol. The van der Waals surface area contributed by atoms with Crippen molar-refractivity contribution in [3.63, 3.8) is 0 Å². The zero-order chi connectivity index (χ0) is 19.1. The van der Waals surface area contributed by atoms with Crippen LogP contribution in [0.2, 0.25) is 0 Å². The van der Waals surface area contributed by atoms with Crippen LogP contribution in [0.25, 0.3) is 0 Å². The lowest BCUT2D eigenvalue weighted by Gasteiger charge is -2.42. The highest BCUT2D eigenvalue weighted by atomic mass is 19.1. The van der Waals surface area contributed by atoms with E-state index in [1.165, 1.54) is 31.2 Å². The van der Waals surface area contributed by atoms with E-state index in [2.05, 4.69) is 5.32 Å². The lowest BCUT2D eigenvalue weighted by molar-refractivity contribution is -0.0629. The zero-order valence-electron chi connectivity index (χ0n) is 14.7. The number of aliphatic hydroxyl groups excluding tert-OH is 1. The number of hydrogen-bond donors (Lipinski definition) is 2. The molecule has 1 amide bonds. The molecule has 0 saturated heterocycles. The molecule has 0 aliphatic carbocycles. The highest BCUT2D eigenvalue weighted by Gasteiger charge is 2.45. The van der Waals surface area contributed by atoms with E-state index >= 15 is 0 Å². The molecule has 2 aromatic rings. The standard InChI is InChI=1S/C20H20FNO4/c1-11(23)14-5-4-6-15-16(14)17(18(24)20(2,3)26-15)22-19(25)12-7-9-13(21)10-8-12/h4-10,17-18,24H,1-3H3,(H,22,25)/t17-,18+/m1/s1. The Labute approximate surface area is 150 Å². The summed E-state index contributed by atoms with van der Waals surface area (Å²) in [7, 11) is 0. The van der Waals surface area contributed by atoms with Crippen LogP contribution in [0.4, 0.5) is 4.39 Å². The van der Waals surface area contributed by atoms with Gasteiger partial charge in [0.15, 0.2) is 5.78 Å². The van der Waals surface area contributed by atoms with E-state index in [4.69, 9.17) is 4.74 Å². The van der Waals surface area contributed by atoms with E-state index in [9.17, 15) is 19.1 Å². The Morgan fingerprint density at radius 2 is 1.81 bits per heavy atom. The molecule has 26 heavy (non-hydrogen) atoms. The van der Waals surface area contributed by atoms with Gasteiger partial charge in [-0.25, -0.2) is 4.39 Å². The number of benzene rings is 2. The van der Waals surface area contributed by atoms with Crippen LogP contribution in [-0.2, 0) is 0 Å². The third kappa shape index (κ3) is 3.20. The Balaban J connectivity index is 2.04. The number of fused-ring (bicyclic) bond motifs is 1. The van der Waals surface area contributed by atoms with E-state index in [0.717, 1.165) is 0 Å². The van der Waals surface area contributed by atoms with E-state index in [1.807, 2.05) is 0 Å². The van der Waals surface area contributed by atoms with Crippen LogP contribution in [0.3, 0.4) is 0 Å². The number of Topliss-reactive ketones (excluding diaryl/α,β-unsaturated/α-hetero) is 1. The van der Waals surface area contributed by atoms with Gasteiger partial charge < -0.3 is 15.2 Å². The molecule has 0 unspecified atom stereocenters. The van der Waals surface area contributed by atoms with Gasteiger partial charge >= 0.3 is 0 Å². The number of rotatable bonds is 3. The summed E-state index contributed by atoms with van der Waals surface area (Å²) in [4.78, 5) is 24.6. The molecule has 2 N–H and O–H groups in total. The largest absolute Gasteiger partial charge is 0.485 e. The van der Waals surface area contributed by atoms with Crippen molar-refractivity contribution in [2.24, 2.45) is 0 Å². The van der Waals surface area contributed by atoms with Crippen molar-refractivity contribution in [2.45, 2.75) is 38.5 Å². The molecule has 0 bridgehead atoms. The first kappa shape index (κ1) is 18.1. The highest BCUT2D eigenvalue weighted by molar-refractivity contribution is 5.98. The molecule has 0 fully saturated rings. The number of ketones is 1. The molecule has 136 valence electrons. The first-order valence-electron chi connectivity index (χ1n) is 8.28. The topological polar surface area (TPSA) is 75.6 Å². The fourth-order valence-corrected chi connectivity index (χ4v) is 3.14. The Kier molecular flexibility index (Phi) is 4.54. The predicted octanol–water partition coefficient (Wildman–Crippen LogP) is 3.03. The van der Waals surface area contributed by atoms with Crippen molar-refractivity contribution < 1.29 is 23.8 Å². The van der Waals surface area contributed by atoms with Crippen LogP contribution in [0, 0.1) is 5.82 Å². The fraction of sp³-hybridized carbons (Fsp3) is 0.300. The molecule has 0 saturated carbocycles. The number of amides is 1. The lowest BCUT2D eigenvalue weighted by atomic mass is 9.83. The second kappa shape index (κ2) is 6.53. The molecule has 3 rings (SSSR count). The number of aliphatic hydroxyl groups is 1. The molecular formula is C20H20FNO4. The maximum Gasteiger partial charge on any atom is 0.251 e. The van der Waals surface area contributed by atoms with Gasteiger partial charge in [-0.3, -0.25) is 9.59 Å². The Morgan fingerprint density at radius 3 is 2.42 bits per heavy atom. The molecule has 2 aromatic carbocycles. The Hall–Kier alpha value is -2.73. The van der Waals surface area contributed by atoms with Crippen molar-refractivity contribution in [1.82, 2.24) is 5.32 Å². The van der Waals surface area contributed by atoms with Gasteiger partial charge in [-0.2, -0.15) is 0 Å². The van der Waals surface area contributed by atoms with Crippen LogP contribution < -0.4 is 10.1 Å². The minimum Gasteiger partial charge on any atom is -0.485 e. The molecule has 0 spiro atoms. The number of nitrogens with one attached hydrogen (secondary N) is 1. The van der Waals surface area contributed by atoms with Gasteiger partial charge in [0.2, 0.25) is 0 Å². The van der Waals surface area contributed by atoms with Gasteiger partial charge in [-0.15, -0.1) is 0 Å². The van der Waals surface area contributed by atoms with Gasteiger partial charge in [-0.1, -0.05) is 12.1 Å². The average Bonchev–Trinajstić information content (AvgIpc) is 2.58. The van der Waals surface area contributed by atoms with Crippen molar-refractivity contribution in [3.05, 3.63) is 65.0 Å². The normalized spacial score (nSPS) is 20.7. The minimum atomic E-state index is -1.08. The smallest absolute Gasteiger partial charge is 0.251 e. The molecule has 1 aliphatic rings. The minimum absolute atomic E-state index is 0.196. The quantitative estimate of drug-likeness (QED) is 0.828. The van der Waals surface area contributed by atoms with Gasteiger partial charge in [0, 0.05) is 16.7 Å². The summed E-state index contributed by atoms with van der Waals surface area (Å²) in [5.41, 5.74) is 0.108. The van der Waals surface area contributed by atoms with E-state index in [-0.39, 0.29) is 11.3 Å². The maximum atomic E-state index is 13.1. The number of carbonyl (C=O) groups is 2. The van der Waals surface area contributed by atoms with Crippen molar-refractivity contribution >= 4 is 11.7 Å². The third-order valence-corrected chi connectivity index (χ3v) is 4.55. The summed E-state index contributed by atoms with van der Waals surface area (Å²) in [6.45, 7) is 4.83. The Bertz CT molecular complexity index is 861. The summed E-state index contributed by atoms with van der Waals surface area (Å²) in [5, 5.41) is 13.5. The second-order valence-electron chi connectivity index (χ2n) is 6.88. The van der Waals surface area contributed by atoms with Crippen LogP contribution in [0.5, 0.6) is 5.75 Å². The number of hydrogen-bond acceptors (Lipinski definition) is 4. The van der Waals surface area contributed by atoms with Crippen molar-refractivity contribution in [3.8, 4) is 5.75 Å². The first-order valence-corrected chi connectivity index (χ1v) is 8.28. The van der Waals surface area contributed by atoms with Gasteiger partial charge in [0.05, 0.1) is 6.04 Å². The van der Waals surface area contributed by atoms with E-state index in [1.54, 1.807) is 32.0 Å². The van der Waals surface area contributed by atoms with Crippen molar-refractivity contribution in [2.75, 3.05) is 0 Å². The number of halogens is 1. The summed E-state index contributed by atoms with van der Waals surface area (Å²) >= 11 is 0. The first-order chi connectivity index (χ1) is 12.2. The van der Waals surface area contributed by atoms with E-state index < -0.39 is 29.5 Å². The maximum absolute atomic E-state index is 13.1. The van der Waals surface area contributed by atoms with Crippen LogP contribution in [-0.4, -0.2) is 28.5 Å². The van der Waals surface area contributed by atoms with Crippen LogP contribution in [0.15, 0.2) is 42.5 Å². The van der Waals surface area contributed by atoms with Gasteiger partial charge in [-0.05, 0) is 51.1 Å². The number of carbonyl (C=O) groups excluding carboxylic acids is 2. The van der Waals surface area contributed by atoms with Crippen LogP contribution >= 0.6 is 0 Å². The molecule has 6 heteroatoms. The van der Waals surface area contributed by atoms with Gasteiger partial charge in [0.1, 0.15) is 23.3 Å². The summed E-state index contributed by atoms with van der Waals surface area (Å²) in [5.74, 6) is -0.676. The molecule has 0 radical (unpaired) electrons. The summed E-state index contributed by atoms with van der Waals surface area (Å²) in [6, 6.07) is 9.29. The van der Waals surface area contributed by atoms with E-state index in [0.29, 0.717) is 16.9 Å². The molecule has 1 aliphatic heterocycles. The van der Waals surface area contributed by atoms with Crippen LogP contribution in [0.1, 0.15) is 53.1 Å². The monoisotopic (exact) mass is 357 g/mol. The molecule has 5 nitrogen and oxygen atoms in total. The zero-order valence-corrected chi connectivity index (χ0v) is 14.7. The lowest BCUT2D eigenvalue weighted by Crippen LogP contribution is -2.54. The molecule has 0 aromatic heterocycles. The predicted molar refractivity (Wildman–Crippen MR) is 93.8 cm³/mol. The summed E-state index contributed by atoms with van der Waals surface area (Å²) < 4.78 is 18.9. The fourth-order valence-electron chi connectivity index (χ4n) is 3.14. The molecule has 1 heterocycles. The third-order valence-electron chi connectivity index (χ3n) is 4.55. The summed E-state index contributed by atoms with van der Waals surface area (Å²) in [6.07, 6.45) is -1.08. The van der Waals surface area contributed by atoms with Gasteiger partial charge in [0.25, 0.3) is 5.91 Å².